The highest BCUT2D eigenvalue weighted by Gasteiger charge is 2.20. The van der Waals surface area contributed by atoms with E-state index in [-0.39, 0.29) is 23.7 Å². The van der Waals surface area contributed by atoms with Crippen LogP contribution >= 0.6 is 0 Å². The lowest BCUT2D eigenvalue weighted by atomic mass is 9.99. The van der Waals surface area contributed by atoms with E-state index >= 15 is 0 Å². The molecule has 0 aliphatic heterocycles. The van der Waals surface area contributed by atoms with Crippen LogP contribution in [-0.2, 0) is 6.42 Å². The third kappa shape index (κ3) is 4.32. The number of nitrogens with two attached hydrogens (primary N) is 2. The number of hydrogen-bond donors (Lipinski definition) is 2. The molecule has 0 saturated carbocycles. The van der Waals surface area contributed by atoms with Gasteiger partial charge in [0, 0.05) is 17.9 Å². The summed E-state index contributed by atoms with van der Waals surface area (Å²) in [5.74, 6) is 0.146. The summed E-state index contributed by atoms with van der Waals surface area (Å²) < 4.78 is 32.2. The fraction of sp³-hybridized carbons (Fsp3) is 0.217. The summed E-state index contributed by atoms with van der Waals surface area (Å²) in [5, 5.41) is 4.29. The summed E-state index contributed by atoms with van der Waals surface area (Å²) in [7, 11) is 0. The van der Waals surface area contributed by atoms with Gasteiger partial charge in [0.15, 0.2) is 5.82 Å². The van der Waals surface area contributed by atoms with Crippen molar-refractivity contribution in [1.82, 2.24) is 19.6 Å². The first-order valence-electron chi connectivity index (χ1n) is 10.2. The number of para-hydroxylation sites is 1. The summed E-state index contributed by atoms with van der Waals surface area (Å²) in [6.45, 7) is 0.946. The van der Waals surface area contributed by atoms with Crippen molar-refractivity contribution >= 4 is 17.2 Å². The Morgan fingerprint density at radius 2 is 1.88 bits per heavy atom. The van der Waals surface area contributed by atoms with Crippen LogP contribution in [0.3, 0.4) is 0 Å². The maximum Gasteiger partial charge on any atom is 0.387 e. The van der Waals surface area contributed by atoms with Crippen LogP contribution in [0.15, 0.2) is 48.8 Å². The molecule has 0 bridgehead atoms. The zero-order valence-electron chi connectivity index (χ0n) is 18.0. The summed E-state index contributed by atoms with van der Waals surface area (Å²) in [6.07, 6.45) is 1.65. The molecule has 4 aromatic rings. The van der Waals surface area contributed by atoms with E-state index < -0.39 is 12.5 Å². The summed E-state index contributed by atoms with van der Waals surface area (Å²) in [5.41, 5.74) is 14.7. The van der Waals surface area contributed by atoms with Crippen molar-refractivity contribution in [1.29, 1.82) is 0 Å². The Morgan fingerprint density at radius 3 is 2.52 bits per heavy atom. The number of nitrogens with zero attached hydrogens (tertiary/aromatic N) is 4. The number of nitrogen functional groups attached to an aromatic ring is 1. The number of amides is 1. The number of benzene rings is 2. The Balaban J connectivity index is 1.70. The molecule has 0 aliphatic carbocycles. The van der Waals surface area contributed by atoms with E-state index in [4.69, 9.17) is 16.5 Å². The zero-order valence-corrected chi connectivity index (χ0v) is 18.0. The van der Waals surface area contributed by atoms with Crippen molar-refractivity contribution in [3.8, 4) is 17.0 Å². The zero-order chi connectivity index (χ0) is 23.7. The second-order valence-corrected chi connectivity index (χ2v) is 7.79. The minimum absolute atomic E-state index is 0.0920. The normalized spacial score (nSPS) is 11.5. The van der Waals surface area contributed by atoms with E-state index in [0.29, 0.717) is 22.6 Å². The molecule has 170 valence electrons. The first kappa shape index (κ1) is 22.1. The topological polar surface area (TPSA) is 121 Å². The molecule has 4 N–H and O–H groups in total. The molecule has 4 rings (SSSR count). The average molecular weight is 452 g/mol. The highest BCUT2D eigenvalue weighted by molar-refractivity contribution is 5.96. The van der Waals surface area contributed by atoms with Gasteiger partial charge in [0.05, 0.1) is 5.56 Å². The van der Waals surface area contributed by atoms with E-state index in [9.17, 15) is 13.6 Å². The molecule has 0 fully saturated rings. The van der Waals surface area contributed by atoms with Crippen molar-refractivity contribution in [2.24, 2.45) is 5.73 Å². The number of ether oxygens (including phenoxy) is 1. The van der Waals surface area contributed by atoms with Crippen LogP contribution in [0.5, 0.6) is 5.75 Å². The van der Waals surface area contributed by atoms with Crippen LogP contribution in [0.25, 0.3) is 16.8 Å². The molecule has 0 radical (unpaired) electrons. The van der Waals surface area contributed by atoms with Crippen LogP contribution in [0.1, 0.15) is 47.1 Å². The quantitative estimate of drug-likeness (QED) is 0.440. The van der Waals surface area contributed by atoms with Crippen LogP contribution in [-0.4, -0.2) is 32.1 Å². The number of carbonyl (C=O) groups is 1. The lowest BCUT2D eigenvalue weighted by molar-refractivity contribution is -0.0506. The molecule has 0 spiro atoms. The molecule has 0 unspecified atom stereocenters. The van der Waals surface area contributed by atoms with Crippen molar-refractivity contribution in [3.05, 3.63) is 71.3 Å². The van der Waals surface area contributed by atoms with E-state index in [1.165, 1.54) is 12.4 Å². The highest BCUT2D eigenvalue weighted by Crippen LogP contribution is 2.31. The number of anilines is 1. The molecule has 8 nitrogen and oxygen atoms in total. The molecular weight excluding hydrogens is 430 g/mol. The largest absolute Gasteiger partial charge is 0.434 e. The smallest absolute Gasteiger partial charge is 0.387 e. The predicted octanol–water partition coefficient (Wildman–Crippen LogP) is 3.79. The fourth-order valence-corrected chi connectivity index (χ4v) is 3.70. The number of imidazole rings is 1. The van der Waals surface area contributed by atoms with Gasteiger partial charge in [0.2, 0.25) is 0 Å². The van der Waals surface area contributed by atoms with Crippen molar-refractivity contribution in [2.45, 2.75) is 32.8 Å². The average Bonchev–Trinajstić information content (AvgIpc) is 3.16. The van der Waals surface area contributed by atoms with Gasteiger partial charge in [0.25, 0.3) is 5.91 Å². The number of fused-ring (bicyclic) bond motifs is 1. The van der Waals surface area contributed by atoms with Gasteiger partial charge in [-0.2, -0.15) is 13.9 Å². The monoisotopic (exact) mass is 452 g/mol. The van der Waals surface area contributed by atoms with Crippen LogP contribution in [0.2, 0.25) is 0 Å². The molecule has 33 heavy (non-hydrogen) atoms. The summed E-state index contributed by atoms with van der Waals surface area (Å²) >= 11 is 0. The molecule has 0 aliphatic rings. The first-order valence-corrected chi connectivity index (χ1v) is 10.2. The molecule has 10 heteroatoms. The van der Waals surface area contributed by atoms with Gasteiger partial charge in [-0.15, -0.1) is 0 Å². The number of halogens is 2. The lowest BCUT2D eigenvalue weighted by Gasteiger charge is -2.14. The van der Waals surface area contributed by atoms with E-state index in [1.807, 2.05) is 38.1 Å². The highest BCUT2D eigenvalue weighted by atomic mass is 19.3. The minimum atomic E-state index is -3.08. The Labute approximate surface area is 188 Å². The second-order valence-electron chi connectivity index (χ2n) is 7.79. The first-order chi connectivity index (χ1) is 15.8. The number of hydrogen-bond acceptors (Lipinski definition) is 6. The SMILES string of the molecule is CC(C)c1nc(-c2ccc(Cc3cccc(C(N)=O)c3OC(F)F)cc2)c2c(N)ncnn12. The molecular formula is C23H22F2N6O2. The maximum absolute atomic E-state index is 12.9. The molecule has 2 aromatic heterocycles. The van der Waals surface area contributed by atoms with E-state index in [1.54, 1.807) is 16.6 Å². The van der Waals surface area contributed by atoms with E-state index in [2.05, 4.69) is 14.8 Å². The number of carbonyl (C=O) groups excluding carboxylic acids is 1. The maximum atomic E-state index is 12.9. The van der Waals surface area contributed by atoms with Gasteiger partial charge >= 0.3 is 6.61 Å². The third-order valence-corrected chi connectivity index (χ3v) is 5.19. The van der Waals surface area contributed by atoms with Crippen molar-refractivity contribution < 1.29 is 18.3 Å². The lowest BCUT2D eigenvalue weighted by Crippen LogP contribution is -2.16. The van der Waals surface area contributed by atoms with Gasteiger partial charge in [-0.25, -0.2) is 14.5 Å². The number of alkyl halides is 2. The molecule has 1 amide bonds. The van der Waals surface area contributed by atoms with Crippen LogP contribution in [0, 0.1) is 0 Å². The summed E-state index contributed by atoms with van der Waals surface area (Å²) in [4.78, 5) is 20.5. The number of aromatic nitrogens is 4. The number of primary amides is 1. The van der Waals surface area contributed by atoms with Gasteiger partial charge in [-0.3, -0.25) is 4.79 Å². The van der Waals surface area contributed by atoms with Gasteiger partial charge in [-0.1, -0.05) is 50.2 Å². The molecule has 2 heterocycles. The Morgan fingerprint density at radius 1 is 1.15 bits per heavy atom. The minimum Gasteiger partial charge on any atom is -0.434 e. The fourth-order valence-electron chi connectivity index (χ4n) is 3.70. The number of rotatable bonds is 7. The second kappa shape index (κ2) is 8.81. The standard InChI is InChI=1S/C23H22F2N6O2/c1-12(2)22-30-17(18-20(26)28-11-29-31(18)22)14-8-6-13(7-9-14)10-15-4-3-5-16(21(27)32)19(15)33-23(24)25/h3-9,11-12,23H,10H2,1-2H3,(H2,27,32)(H2,26,28,29). The van der Waals surface area contributed by atoms with Crippen LogP contribution < -0.4 is 16.2 Å². The molecule has 0 saturated heterocycles. The van der Waals surface area contributed by atoms with Crippen molar-refractivity contribution in [2.75, 3.05) is 5.73 Å². The van der Waals surface area contributed by atoms with Gasteiger partial charge in [0.1, 0.15) is 29.1 Å². The van der Waals surface area contributed by atoms with Crippen molar-refractivity contribution in [3.63, 3.8) is 0 Å². The van der Waals surface area contributed by atoms with Gasteiger partial charge < -0.3 is 16.2 Å². The van der Waals surface area contributed by atoms with Crippen LogP contribution in [0.4, 0.5) is 14.6 Å². The Hall–Kier alpha value is -4.08. The van der Waals surface area contributed by atoms with Gasteiger partial charge in [-0.05, 0) is 17.2 Å². The Kier molecular flexibility index (Phi) is 5.91. The third-order valence-electron chi connectivity index (χ3n) is 5.19. The molecule has 2 aromatic carbocycles. The predicted molar refractivity (Wildman–Crippen MR) is 119 cm³/mol. The molecule has 0 atom stereocenters. The van der Waals surface area contributed by atoms with E-state index in [0.717, 1.165) is 17.0 Å². The Bertz CT molecular complexity index is 1320. The summed E-state index contributed by atoms with van der Waals surface area (Å²) in [6, 6.07) is 12.0.